The van der Waals surface area contributed by atoms with Crippen molar-refractivity contribution in [1.82, 2.24) is 4.57 Å². The first-order valence-electron chi connectivity index (χ1n) is 4.11. The van der Waals surface area contributed by atoms with Crippen LogP contribution in [-0.2, 0) is 13.6 Å². The van der Waals surface area contributed by atoms with Crippen LogP contribution in [-0.4, -0.2) is 22.4 Å². The number of rotatable bonds is 2. The fraction of sp³-hybridized carbons (Fsp3) is 0.667. The fourth-order valence-electron chi connectivity index (χ4n) is 1.04. The first-order valence-corrected chi connectivity index (χ1v) is 4.11. The van der Waals surface area contributed by atoms with Gasteiger partial charge < -0.3 is 10.2 Å². The Hall–Kier alpha value is -0.870. The maximum atomic E-state index is 9.45. The quantitative estimate of drug-likeness (QED) is 0.606. The summed E-state index contributed by atoms with van der Waals surface area (Å²) in [7, 11) is 2.71. The molecule has 0 bridgehead atoms. The van der Waals surface area contributed by atoms with Gasteiger partial charge in [-0.1, -0.05) is 0 Å². The summed E-state index contributed by atoms with van der Waals surface area (Å²) in [6, 6.07) is 0. The van der Waals surface area contributed by atoms with Crippen molar-refractivity contribution < 1.29 is 14.8 Å². The van der Waals surface area contributed by atoms with E-state index in [1.165, 1.54) is 0 Å². The summed E-state index contributed by atoms with van der Waals surface area (Å²) in [4.78, 5) is 0. The molecule has 0 fully saturated rings. The number of aryl methyl sites for hydroxylation is 1. The minimum absolute atomic E-state index is 0.633. The predicted octanol–water partition coefficient (Wildman–Crippen LogP) is -0.940. The molecule has 0 aliphatic carbocycles. The Bertz CT molecular complexity index is 238. The molecule has 0 saturated heterocycles. The standard InChI is InChI=1S/C8H15N2O.CH3O/c1-8(2,11)6-10-5-4-9(3)7-10;1-2/h4-5,7,11H,6H2,1-3H3;1H3/q+1;-1. The highest BCUT2D eigenvalue weighted by molar-refractivity contribution is 4.72. The Morgan fingerprint density at radius 3 is 2.31 bits per heavy atom. The Morgan fingerprint density at radius 2 is 2.00 bits per heavy atom. The predicted molar refractivity (Wildman–Crippen MR) is 47.8 cm³/mol. The SMILES string of the molecule is C[O-].C[n+]1ccn(CC(C)(C)O)c1. The highest BCUT2D eigenvalue weighted by atomic mass is 16.3. The van der Waals surface area contributed by atoms with Crippen molar-refractivity contribution in [3.8, 4) is 0 Å². The second-order valence-electron chi connectivity index (χ2n) is 3.56. The summed E-state index contributed by atoms with van der Waals surface area (Å²) in [5, 5.41) is 17.7. The van der Waals surface area contributed by atoms with Crippen LogP contribution in [0, 0.1) is 0 Å². The summed E-state index contributed by atoms with van der Waals surface area (Å²) in [6.45, 7) is 4.23. The van der Waals surface area contributed by atoms with Crippen LogP contribution in [0.2, 0.25) is 0 Å². The first-order chi connectivity index (χ1) is 5.97. The van der Waals surface area contributed by atoms with E-state index in [0.717, 1.165) is 7.11 Å². The molecule has 0 unspecified atom stereocenters. The molecule has 1 heterocycles. The fourth-order valence-corrected chi connectivity index (χ4v) is 1.04. The zero-order valence-electron chi connectivity index (χ0n) is 8.69. The van der Waals surface area contributed by atoms with E-state index in [1.54, 1.807) is 13.8 Å². The van der Waals surface area contributed by atoms with Crippen LogP contribution < -0.4 is 9.67 Å². The minimum Gasteiger partial charge on any atom is -0.857 e. The van der Waals surface area contributed by atoms with Crippen molar-refractivity contribution in [3.05, 3.63) is 18.7 Å². The van der Waals surface area contributed by atoms with Gasteiger partial charge in [-0.15, -0.1) is 0 Å². The molecule has 0 radical (unpaired) electrons. The zero-order valence-corrected chi connectivity index (χ0v) is 8.69. The van der Waals surface area contributed by atoms with E-state index in [9.17, 15) is 5.11 Å². The van der Waals surface area contributed by atoms with Crippen LogP contribution >= 0.6 is 0 Å². The Balaban J connectivity index is 0.000000671. The number of nitrogens with zero attached hydrogens (tertiary/aromatic N) is 2. The van der Waals surface area contributed by atoms with Gasteiger partial charge in [-0.2, -0.15) is 7.11 Å². The van der Waals surface area contributed by atoms with Gasteiger partial charge in [0.05, 0.1) is 12.6 Å². The molecule has 0 atom stereocenters. The molecule has 13 heavy (non-hydrogen) atoms. The van der Waals surface area contributed by atoms with Crippen LogP contribution in [0.15, 0.2) is 18.7 Å². The van der Waals surface area contributed by atoms with Crippen LogP contribution in [0.25, 0.3) is 0 Å². The number of aliphatic hydroxyl groups is 1. The molecule has 0 aliphatic rings. The molecule has 1 aromatic rings. The maximum Gasteiger partial charge on any atom is 0.243 e. The largest absolute Gasteiger partial charge is 0.857 e. The average Bonchev–Trinajstić information content (AvgIpc) is 2.36. The van der Waals surface area contributed by atoms with Crippen molar-refractivity contribution in [3.63, 3.8) is 0 Å². The highest BCUT2D eigenvalue weighted by Crippen LogP contribution is 2.03. The molecular weight excluding hydrogens is 168 g/mol. The van der Waals surface area contributed by atoms with Gasteiger partial charge in [-0.25, -0.2) is 9.13 Å². The third-order valence-corrected chi connectivity index (χ3v) is 1.39. The van der Waals surface area contributed by atoms with Crippen LogP contribution in [0.1, 0.15) is 13.8 Å². The van der Waals surface area contributed by atoms with Gasteiger partial charge in [-0.05, 0) is 13.8 Å². The molecular formula is C9H18N2O2. The summed E-state index contributed by atoms with van der Waals surface area (Å²) >= 11 is 0. The minimum atomic E-state index is -0.633. The van der Waals surface area contributed by atoms with Crippen LogP contribution in [0.5, 0.6) is 0 Å². The summed E-state index contributed by atoms with van der Waals surface area (Å²) < 4.78 is 3.91. The topological polar surface area (TPSA) is 52.1 Å². The Labute approximate surface area is 79.1 Å². The van der Waals surface area contributed by atoms with Crippen molar-refractivity contribution in [2.24, 2.45) is 7.05 Å². The zero-order chi connectivity index (χ0) is 10.5. The molecule has 1 N–H and O–H groups in total. The lowest BCUT2D eigenvalue weighted by molar-refractivity contribution is -0.671. The molecule has 0 aromatic carbocycles. The third-order valence-electron chi connectivity index (χ3n) is 1.39. The molecule has 1 rings (SSSR count). The van der Waals surface area contributed by atoms with E-state index in [4.69, 9.17) is 5.11 Å². The maximum absolute atomic E-state index is 9.45. The monoisotopic (exact) mass is 186 g/mol. The van der Waals surface area contributed by atoms with Crippen molar-refractivity contribution in [2.45, 2.75) is 26.0 Å². The van der Waals surface area contributed by atoms with Gasteiger partial charge in [0.15, 0.2) is 0 Å². The number of imidazole rings is 1. The summed E-state index contributed by atoms with van der Waals surface area (Å²) in [5.74, 6) is 0. The number of aromatic nitrogens is 2. The van der Waals surface area contributed by atoms with Gasteiger partial charge >= 0.3 is 0 Å². The Morgan fingerprint density at radius 1 is 1.46 bits per heavy atom. The van der Waals surface area contributed by atoms with E-state index in [-0.39, 0.29) is 0 Å². The van der Waals surface area contributed by atoms with E-state index in [1.807, 2.05) is 34.9 Å². The van der Waals surface area contributed by atoms with Crippen LogP contribution in [0.3, 0.4) is 0 Å². The molecule has 4 nitrogen and oxygen atoms in total. The van der Waals surface area contributed by atoms with E-state index >= 15 is 0 Å². The van der Waals surface area contributed by atoms with Gasteiger partial charge in [-0.3, -0.25) is 0 Å². The third kappa shape index (κ3) is 5.38. The lowest BCUT2D eigenvalue weighted by atomic mass is 10.1. The average molecular weight is 186 g/mol. The lowest BCUT2D eigenvalue weighted by Crippen LogP contribution is -2.28. The van der Waals surface area contributed by atoms with E-state index < -0.39 is 5.60 Å². The van der Waals surface area contributed by atoms with E-state index in [0.29, 0.717) is 6.54 Å². The van der Waals surface area contributed by atoms with E-state index in [2.05, 4.69) is 0 Å². The summed E-state index contributed by atoms with van der Waals surface area (Å²) in [6.07, 6.45) is 5.84. The smallest absolute Gasteiger partial charge is 0.243 e. The van der Waals surface area contributed by atoms with Gasteiger partial charge in [0, 0.05) is 0 Å². The lowest BCUT2D eigenvalue weighted by Gasteiger charge is -2.13. The molecule has 0 spiro atoms. The molecule has 4 heteroatoms. The van der Waals surface area contributed by atoms with Crippen molar-refractivity contribution >= 4 is 0 Å². The van der Waals surface area contributed by atoms with Gasteiger partial charge in [0.25, 0.3) is 0 Å². The first kappa shape index (κ1) is 12.1. The van der Waals surface area contributed by atoms with Crippen molar-refractivity contribution in [2.75, 3.05) is 7.11 Å². The number of hydrogen-bond donors (Lipinski definition) is 1. The van der Waals surface area contributed by atoms with Crippen molar-refractivity contribution in [1.29, 1.82) is 0 Å². The van der Waals surface area contributed by atoms with Gasteiger partial charge in [0.2, 0.25) is 6.33 Å². The molecule has 0 amide bonds. The summed E-state index contributed by atoms with van der Waals surface area (Å²) in [5.41, 5.74) is -0.633. The highest BCUT2D eigenvalue weighted by Gasteiger charge is 2.16. The van der Waals surface area contributed by atoms with Crippen LogP contribution in [0.4, 0.5) is 0 Å². The normalized spacial score (nSPS) is 10.6. The molecule has 0 aliphatic heterocycles. The second-order valence-corrected chi connectivity index (χ2v) is 3.56. The second kappa shape index (κ2) is 4.99. The molecule has 0 saturated carbocycles. The molecule has 76 valence electrons. The Kier molecular flexibility index (Phi) is 4.66. The molecule has 1 aromatic heterocycles. The number of hydrogen-bond acceptors (Lipinski definition) is 2. The van der Waals surface area contributed by atoms with Gasteiger partial charge in [0.1, 0.15) is 18.9 Å².